The van der Waals surface area contributed by atoms with Gasteiger partial charge in [0.1, 0.15) is 0 Å². The molecule has 3 aromatic heterocycles. The molecule has 0 saturated heterocycles. The standard InChI is InChI=1S/C24H25N5O2S/c1-14(2)20-12-18(19-13-25-29(15(3)4)22(19)28-20)23(30)26-16-7-5-8-17(11-16)27-24(31)21-9-6-10-32-21/h5-15H,1-4H3,(H,26,30)(H,27,31). The Bertz CT molecular complexity index is 1280. The second-order valence-electron chi connectivity index (χ2n) is 8.14. The number of carbonyl (C=O) groups is 2. The molecule has 0 unspecified atom stereocenters. The molecule has 0 atom stereocenters. The van der Waals surface area contributed by atoms with Crippen molar-refractivity contribution in [3.05, 3.63) is 70.2 Å². The monoisotopic (exact) mass is 447 g/mol. The van der Waals surface area contributed by atoms with Crippen molar-refractivity contribution >= 4 is 45.6 Å². The molecule has 0 aliphatic rings. The number of nitrogens with zero attached hydrogens (tertiary/aromatic N) is 3. The number of hydrogen-bond acceptors (Lipinski definition) is 5. The van der Waals surface area contributed by atoms with Gasteiger partial charge in [-0.3, -0.25) is 9.59 Å². The lowest BCUT2D eigenvalue weighted by molar-refractivity contribution is 0.102. The third-order valence-corrected chi connectivity index (χ3v) is 5.90. The van der Waals surface area contributed by atoms with Crippen molar-refractivity contribution < 1.29 is 9.59 Å². The van der Waals surface area contributed by atoms with Crippen molar-refractivity contribution in [2.75, 3.05) is 10.6 Å². The van der Waals surface area contributed by atoms with Crippen LogP contribution in [0.3, 0.4) is 0 Å². The molecule has 2 N–H and O–H groups in total. The Morgan fingerprint density at radius 1 is 0.969 bits per heavy atom. The molecule has 0 saturated carbocycles. The molecule has 8 heteroatoms. The zero-order valence-electron chi connectivity index (χ0n) is 18.4. The van der Waals surface area contributed by atoms with Gasteiger partial charge in [-0.25, -0.2) is 9.67 Å². The summed E-state index contributed by atoms with van der Waals surface area (Å²) >= 11 is 1.38. The third kappa shape index (κ3) is 4.40. The summed E-state index contributed by atoms with van der Waals surface area (Å²) < 4.78 is 1.83. The van der Waals surface area contributed by atoms with Crippen LogP contribution < -0.4 is 10.6 Å². The summed E-state index contributed by atoms with van der Waals surface area (Å²) in [5.74, 6) is -0.261. The Balaban J connectivity index is 1.62. The number of anilines is 2. The summed E-state index contributed by atoms with van der Waals surface area (Å²) in [6, 6.07) is 12.7. The first-order valence-corrected chi connectivity index (χ1v) is 11.4. The summed E-state index contributed by atoms with van der Waals surface area (Å²) in [7, 11) is 0. The number of hydrogen-bond donors (Lipinski definition) is 2. The lowest BCUT2D eigenvalue weighted by atomic mass is 10.0. The molecular formula is C24H25N5O2S. The van der Waals surface area contributed by atoms with Gasteiger partial charge in [0, 0.05) is 23.1 Å². The quantitative estimate of drug-likeness (QED) is 0.397. The molecule has 0 radical (unpaired) electrons. The average Bonchev–Trinajstić information content (AvgIpc) is 3.43. The minimum absolute atomic E-state index is 0.127. The smallest absolute Gasteiger partial charge is 0.265 e. The Labute approximate surface area is 190 Å². The van der Waals surface area contributed by atoms with Crippen LogP contribution in [0.4, 0.5) is 11.4 Å². The molecule has 0 aliphatic heterocycles. The number of carbonyl (C=O) groups excluding carboxylic acids is 2. The summed E-state index contributed by atoms with van der Waals surface area (Å²) in [5.41, 5.74) is 3.26. The van der Waals surface area contributed by atoms with E-state index in [-0.39, 0.29) is 23.8 Å². The lowest BCUT2D eigenvalue weighted by Crippen LogP contribution is -2.15. The van der Waals surface area contributed by atoms with Gasteiger partial charge in [-0.2, -0.15) is 5.10 Å². The molecule has 32 heavy (non-hydrogen) atoms. The summed E-state index contributed by atoms with van der Waals surface area (Å²) in [6.45, 7) is 8.16. The van der Waals surface area contributed by atoms with Crippen LogP contribution >= 0.6 is 11.3 Å². The van der Waals surface area contributed by atoms with Gasteiger partial charge in [0.05, 0.1) is 22.0 Å². The Hall–Kier alpha value is -3.52. The molecule has 0 aliphatic carbocycles. The van der Waals surface area contributed by atoms with Crippen molar-refractivity contribution in [2.45, 2.75) is 39.7 Å². The Kier molecular flexibility index (Phi) is 6.05. The lowest BCUT2D eigenvalue weighted by Gasteiger charge is -2.13. The highest BCUT2D eigenvalue weighted by Crippen LogP contribution is 2.26. The number of rotatable bonds is 6. The van der Waals surface area contributed by atoms with Crippen LogP contribution in [0, 0.1) is 0 Å². The SMILES string of the molecule is CC(C)c1cc(C(=O)Nc2cccc(NC(=O)c3cccs3)c2)c2cnn(C(C)C)c2n1. The Morgan fingerprint density at radius 2 is 1.69 bits per heavy atom. The Morgan fingerprint density at radius 3 is 2.31 bits per heavy atom. The van der Waals surface area contributed by atoms with Gasteiger partial charge in [0.15, 0.2) is 5.65 Å². The van der Waals surface area contributed by atoms with Crippen molar-refractivity contribution in [3.63, 3.8) is 0 Å². The van der Waals surface area contributed by atoms with Crippen molar-refractivity contribution in [2.24, 2.45) is 0 Å². The summed E-state index contributed by atoms with van der Waals surface area (Å²) in [5, 5.41) is 12.8. The van der Waals surface area contributed by atoms with Crippen LogP contribution in [-0.4, -0.2) is 26.6 Å². The van der Waals surface area contributed by atoms with Crippen LogP contribution in [0.25, 0.3) is 11.0 Å². The van der Waals surface area contributed by atoms with Crippen molar-refractivity contribution in [3.8, 4) is 0 Å². The fourth-order valence-corrected chi connectivity index (χ4v) is 3.99. The number of amides is 2. The molecule has 3 heterocycles. The second-order valence-corrected chi connectivity index (χ2v) is 9.08. The second kappa shape index (κ2) is 8.92. The van der Waals surface area contributed by atoms with Crippen LogP contribution in [-0.2, 0) is 0 Å². The van der Waals surface area contributed by atoms with E-state index in [1.54, 1.807) is 36.5 Å². The van der Waals surface area contributed by atoms with E-state index in [1.807, 2.05) is 49.9 Å². The van der Waals surface area contributed by atoms with E-state index in [1.165, 1.54) is 11.3 Å². The maximum Gasteiger partial charge on any atom is 0.265 e. The number of fused-ring (bicyclic) bond motifs is 1. The first kappa shape index (κ1) is 21.7. The van der Waals surface area contributed by atoms with E-state index in [2.05, 4.69) is 15.7 Å². The van der Waals surface area contributed by atoms with Gasteiger partial charge in [0.2, 0.25) is 0 Å². The topological polar surface area (TPSA) is 88.9 Å². The summed E-state index contributed by atoms with van der Waals surface area (Å²) in [6.07, 6.45) is 1.69. The number of aromatic nitrogens is 3. The van der Waals surface area contributed by atoms with E-state index in [9.17, 15) is 9.59 Å². The highest BCUT2D eigenvalue weighted by Gasteiger charge is 2.19. The molecule has 1 aromatic carbocycles. The maximum atomic E-state index is 13.2. The number of nitrogens with one attached hydrogen (secondary N) is 2. The summed E-state index contributed by atoms with van der Waals surface area (Å²) in [4.78, 5) is 30.9. The van der Waals surface area contributed by atoms with Gasteiger partial charge >= 0.3 is 0 Å². The van der Waals surface area contributed by atoms with Crippen LogP contribution in [0.15, 0.2) is 54.0 Å². The van der Waals surface area contributed by atoms with Gasteiger partial charge in [0.25, 0.3) is 11.8 Å². The molecule has 164 valence electrons. The van der Waals surface area contributed by atoms with Gasteiger partial charge in [-0.15, -0.1) is 11.3 Å². The van der Waals surface area contributed by atoms with Crippen LogP contribution in [0.2, 0.25) is 0 Å². The molecule has 7 nitrogen and oxygen atoms in total. The molecular weight excluding hydrogens is 422 g/mol. The highest BCUT2D eigenvalue weighted by atomic mass is 32.1. The maximum absolute atomic E-state index is 13.2. The highest BCUT2D eigenvalue weighted by molar-refractivity contribution is 7.12. The first-order chi connectivity index (χ1) is 15.3. The van der Waals surface area contributed by atoms with E-state index in [0.717, 1.165) is 5.69 Å². The van der Waals surface area contributed by atoms with Crippen LogP contribution in [0.5, 0.6) is 0 Å². The van der Waals surface area contributed by atoms with E-state index in [0.29, 0.717) is 32.8 Å². The zero-order chi connectivity index (χ0) is 22.8. The molecule has 4 rings (SSSR count). The molecule has 4 aromatic rings. The fourth-order valence-electron chi connectivity index (χ4n) is 3.37. The number of benzene rings is 1. The largest absolute Gasteiger partial charge is 0.322 e. The van der Waals surface area contributed by atoms with Gasteiger partial charge < -0.3 is 10.6 Å². The average molecular weight is 448 g/mol. The van der Waals surface area contributed by atoms with Crippen molar-refractivity contribution in [1.82, 2.24) is 14.8 Å². The minimum Gasteiger partial charge on any atom is -0.322 e. The predicted octanol–water partition coefficient (Wildman–Crippen LogP) is 5.70. The van der Waals surface area contributed by atoms with E-state index >= 15 is 0 Å². The number of pyridine rings is 1. The minimum atomic E-state index is -0.246. The van der Waals surface area contributed by atoms with Gasteiger partial charge in [-0.1, -0.05) is 26.0 Å². The molecule has 0 bridgehead atoms. The first-order valence-electron chi connectivity index (χ1n) is 10.5. The van der Waals surface area contributed by atoms with Crippen molar-refractivity contribution in [1.29, 1.82) is 0 Å². The molecule has 2 amide bonds. The van der Waals surface area contributed by atoms with Gasteiger partial charge in [-0.05, 0) is 55.5 Å². The predicted molar refractivity (Wildman–Crippen MR) is 129 cm³/mol. The normalized spacial score (nSPS) is 11.3. The number of thiophene rings is 1. The zero-order valence-corrected chi connectivity index (χ0v) is 19.2. The van der Waals surface area contributed by atoms with E-state index in [4.69, 9.17) is 4.98 Å². The van der Waals surface area contributed by atoms with Crippen LogP contribution in [0.1, 0.15) is 65.4 Å². The molecule has 0 fully saturated rings. The molecule has 0 spiro atoms. The fraction of sp³-hybridized carbons (Fsp3) is 0.250. The third-order valence-electron chi connectivity index (χ3n) is 5.04. The van der Waals surface area contributed by atoms with E-state index < -0.39 is 0 Å².